The van der Waals surface area contributed by atoms with E-state index in [2.05, 4.69) is 36.8 Å². The van der Waals surface area contributed by atoms with Crippen LogP contribution >= 0.6 is 55.1 Å². The summed E-state index contributed by atoms with van der Waals surface area (Å²) >= 11 is 19.3. The normalized spacial score (nSPS) is 11.0. The molecule has 0 fully saturated rings. The van der Waals surface area contributed by atoms with Gasteiger partial charge >= 0.3 is 0 Å². The molecule has 2 aromatic carbocycles. The summed E-state index contributed by atoms with van der Waals surface area (Å²) in [4.78, 5) is 8.08. The highest BCUT2D eigenvalue weighted by atomic mass is 79.9. The number of nitrogens with one attached hydrogen (secondary N) is 1. The number of H-pyrrole nitrogens is 1. The Morgan fingerprint density at radius 1 is 1.09 bits per heavy atom. The van der Waals surface area contributed by atoms with E-state index in [0.29, 0.717) is 16.5 Å². The van der Waals surface area contributed by atoms with Crippen molar-refractivity contribution in [3.63, 3.8) is 0 Å². The Labute approximate surface area is 161 Å². The van der Waals surface area contributed by atoms with Crippen LogP contribution in [0.2, 0.25) is 10.0 Å². The third-order valence-electron chi connectivity index (χ3n) is 3.49. The summed E-state index contributed by atoms with van der Waals surface area (Å²) in [7, 11) is 0. The molecule has 0 radical (unpaired) electrons. The second-order valence-electron chi connectivity index (χ2n) is 5.19. The molecule has 0 spiro atoms. The summed E-state index contributed by atoms with van der Waals surface area (Å²) < 4.78 is 2.02. The molecule has 0 unspecified atom stereocenters. The van der Waals surface area contributed by atoms with Crippen LogP contribution in [0.1, 0.15) is 17.1 Å². The summed E-state index contributed by atoms with van der Waals surface area (Å²) in [5.74, 6) is 0.869. The van der Waals surface area contributed by atoms with E-state index in [1.165, 1.54) is 0 Å². The SMILES string of the molecule is Cc1[nH]c(Cc2ccc(Cl)cc2Cl)nc1-c1cc(Br)ccc1Br. The lowest BCUT2D eigenvalue weighted by Gasteiger charge is -2.03. The van der Waals surface area contributed by atoms with Gasteiger partial charge in [0.1, 0.15) is 5.82 Å². The van der Waals surface area contributed by atoms with Gasteiger partial charge in [-0.1, -0.05) is 61.1 Å². The summed E-state index contributed by atoms with van der Waals surface area (Å²) in [5.41, 5.74) is 3.98. The molecular weight excluding hydrogens is 463 g/mol. The van der Waals surface area contributed by atoms with Gasteiger partial charge in [-0.25, -0.2) is 4.98 Å². The van der Waals surface area contributed by atoms with Crippen molar-refractivity contribution in [1.29, 1.82) is 0 Å². The van der Waals surface area contributed by atoms with E-state index in [1.807, 2.05) is 37.3 Å². The van der Waals surface area contributed by atoms with Crippen LogP contribution in [0.4, 0.5) is 0 Å². The van der Waals surface area contributed by atoms with Crippen LogP contribution in [0, 0.1) is 6.92 Å². The van der Waals surface area contributed by atoms with Gasteiger partial charge in [0.2, 0.25) is 0 Å². The average Bonchev–Trinajstić information content (AvgIpc) is 2.85. The third-order valence-corrected chi connectivity index (χ3v) is 5.26. The number of imidazole rings is 1. The lowest BCUT2D eigenvalue weighted by molar-refractivity contribution is 1.02. The van der Waals surface area contributed by atoms with Gasteiger partial charge in [-0.2, -0.15) is 0 Å². The first-order valence-corrected chi connectivity index (χ1v) is 9.23. The largest absolute Gasteiger partial charge is 0.345 e. The zero-order valence-electron chi connectivity index (χ0n) is 12.1. The smallest absolute Gasteiger partial charge is 0.111 e. The predicted molar refractivity (Wildman–Crippen MR) is 103 cm³/mol. The van der Waals surface area contributed by atoms with Gasteiger partial charge in [0.25, 0.3) is 0 Å². The first-order chi connectivity index (χ1) is 10.9. The summed E-state index contributed by atoms with van der Waals surface area (Å²) in [6, 6.07) is 11.6. The number of aryl methyl sites for hydroxylation is 1. The van der Waals surface area contributed by atoms with Crippen molar-refractivity contribution in [2.75, 3.05) is 0 Å². The molecule has 0 aliphatic carbocycles. The Kier molecular flexibility index (Phi) is 5.16. The summed E-state index contributed by atoms with van der Waals surface area (Å²) in [6.07, 6.45) is 0.627. The van der Waals surface area contributed by atoms with Gasteiger partial charge in [-0.3, -0.25) is 0 Å². The molecule has 0 atom stereocenters. The van der Waals surface area contributed by atoms with Crippen LogP contribution in [-0.2, 0) is 6.42 Å². The number of benzene rings is 2. The number of nitrogens with zero attached hydrogens (tertiary/aromatic N) is 1. The highest BCUT2D eigenvalue weighted by Gasteiger charge is 2.13. The lowest BCUT2D eigenvalue weighted by Crippen LogP contribution is -1.92. The number of rotatable bonds is 3. The fraction of sp³-hybridized carbons (Fsp3) is 0.118. The van der Waals surface area contributed by atoms with Crippen LogP contribution in [-0.4, -0.2) is 9.97 Å². The molecule has 3 aromatic rings. The van der Waals surface area contributed by atoms with Crippen molar-refractivity contribution in [3.8, 4) is 11.3 Å². The maximum absolute atomic E-state index is 6.25. The van der Waals surface area contributed by atoms with E-state index in [9.17, 15) is 0 Å². The zero-order valence-corrected chi connectivity index (χ0v) is 16.8. The van der Waals surface area contributed by atoms with Crippen LogP contribution in [0.5, 0.6) is 0 Å². The van der Waals surface area contributed by atoms with Crippen molar-refractivity contribution in [3.05, 3.63) is 72.5 Å². The van der Waals surface area contributed by atoms with Crippen LogP contribution in [0.15, 0.2) is 45.3 Å². The lowest BCUT2D eigenvalue weighted by atomic mass is 10.1. The minimum Gasteiger partial charge on any atom is -0.345 e. The second-order valence-corrected chi connectivity index (χ2v) is 7.81. The predicted octanol–water partition coefficient (Wildman–Crippen LogP) is 6.81. The Bertz CT molecular complexity index is 875. The minimum absolute atomic E-state index is 0.627. The maximum Gasteiger partial charge on any atom is 0.111 e. The van der Waals surface area contributed by atoms with E-state index < -0.39 is 0 Å². The third kappa shape index (κ3) is 3.82. The number of aromatic amines is 1. The molecule has 1 N–H and O–H groups in total. The molecule has 0 saturated heterocycles. The molecule has 23 heavy (non-hydrogen) atoms. The second kappa shape index (κ2) is 6.98. The molecule has 0 amide bonds. The Morgan fingerprint density at radius 2 is 1.87 bits per heavy atom. The van der Waals surface area contributed by atoms with E-state index in [-0.39, 0.29) is 0 Å². The number of hydrogen-bond acceptors (Lipinski definition) is 1. The van der Waals surface area contributed by atoms with Gasteiger partial charge in [-0.05, 0) is 42.8 Å². The molecule has 0 aliphatic heterocycles. The monoisotopic (exact) mass is 472 g/mol. The molecule has 6 heteroatoms. The summed E-state index contributed by atoms with van der Waals surface area (Å²) in [6.45, 7) is 2.02. The molecule has 3 rings (SSSR count). The Hall–Kier alpha value is -0.810. The van der Waals surface area contributed by atoms with Crippen LogP contribution in [0.3, 0.4) is 0 Å². The molecule has 1 aromatic heterocycles. The van der Waals surface area contributed by atoms with Crippen molar-refractivity contribution < 1.29 is 0 Å². The molecular formula is C17H12Br2Cl2N2. The Balaban J connectivity index is 1.96. The van der Waals surface area contributed by atoms with Gasteiger partial charge in [0, 0.05) is 36.7 Å². The minimum atomic E-state index is 0.627. The summed E-state index contributed by atoms with van der Waals surface area (Å²) in [5, 5.41) is 1.28. The molecule has 118 valence electrons. The molecule has 0 aliphatic rings. The highest BCUT2D eigenvalue weighted by Crippen LogP contribution is 2.32. The van der Waals surface area contributed by atoms with E-state index in [4.69, 9.17) is 28.2 Å². The highest BCUT2D eigenvalue weighted by molar-refractivity contribution is 9.11. The van der Waals surface area contributed by atoms with Gasteiger partial charge in [0.05, 0.1) is 5.69 Å². The number of aromatic nitrogens is 2. The first-order valence-electron chi connectivity index (χ1n) is 6.89. The van der Waals surface area contributed by atoms with Crippen LogP contribution < -0.4 is 0 Å². The van der Waals surface area contributed by atoms with Crippen molar-refractivity contribution >= 4 is 55.1 Å². The van der Waals surface area contributed by atoms with Crippen molar-refractivity contribution in [2.45, 2.75) is 13.3 Å². The average molecular weight is 475 g/mol. The Morgan fingerprint density at radius 3 is 2.61 bits per heavy atom. The van der Waals surface area contributed by atoms with E-state index in [0.717, 1.165) is 37.3 Å². The van der Waals surface area contributed by atoms with Crippen molar-refractivity contribution in [2.24, 2.45) is 0 Å². The first kappa shape index (κ1) is 17.0. The van der Waals surface area contributed by atoms with Gasteiger partial charge in [-0.15, -0.1) is 0 Å². The van der Waals surface area contributed by atoms with Crippen molar-refractivity contribution in [1.82, 2.24) is 9.97 Å². The van der Waals surface area contributed by atoms with E-state index in [1.54, 1.807) is 6.07 Å². The van der Waals surface area contributed by atoms with Gasteiger partial charge < -0.3 is 4.98 Å². The molecule has 0 saturated carbocycles. The standard InChI is InChI=1S/C17H12Br2Cl2N2/c1-9-17(13-7-11(18)3-5-14(13)19)23-16(22-9)6-10-2-4-12(20)8-15(10)21/h2-5,7-8H,6H2,1H3,(H,22,23). The quantitative estimate of drug-likeness (QED) is 0.444. The van der Waals surface area contributed by atoms with E-state index >= 15 is 0 Å². The number of halogens is 4. The topological polar surface area (TPSA) is 28.7 Å². The van der Waals surface area contributed by atoms with Crippen LogP contribution in [0.25, 0.3) is 11.3 Å². The molecule has 1 heterocycles. The fourth-order valence-electron chi connectivity index (χ4n) is 2.39. The zero-order chi connectivity index (χ0) is 16.6. The maximum atomic E-state index is 6.25. The fourth-order valence-corrected chi connectivity index (χ4v) is 3.66. The van der Waals surface area contributed by atoms with Gasteiger partial charge in [0.15, 0.2) is 0 Å². The molecule has 2 nitrogen and oxygen atoms in total. The number of hydrogen-bond donors (Lipinski definition) is 1. The molecule has 0 bridgehead atoms.